The second-order valence-corrected chi connectivity index (χ2v) is 5.34. The van der Waals surface area contributed by atoms with Crippen molar-refractivity contribution in [2.45, 2.75) is 37.8 Å². The predicted molar refractivity (Wildman–Crippen MR) is 71.5 cm³/mol. The third-order valence-corrected chi connectivity index (χ3v) is 3.99. The van der Waals surface area contributed by atoms with Gasteiger partial charge in [-0.2, -0.15) is 0 Å². The predicted octanol–water partition coefficient (Wildman–Crippen LogP) is 1.46. The van der Waals surface area contributed by atoms with Crippen LogP contribution in [0.1, 0.15) is 24.8 Å². The summed E-state index contributed by atoms with van der Waals surface area (Å²) in [7, 11) is 0. The Bertz CT molecular complexity index is 517. The van der Waals surface area contributed by atoms with Gasteiger partial charge in [0, 0.05) is 19.0 Å². The number of carbonyl (C=O) groups excluding carboxylic acids is 1. The smallest absolute Gasteiger partial charge is 0.305 e. The molecule has 0 aliphatic carbocycles. The van der Waals surface area contributed by atoms with Gasteiger partial charge >= 0.3 is 5.97 Å². The van der Waals surface area contributed by atoms with Gasteiger partial charge in [0.05, 0.1) is 6.42 Å². The molecule has 0 bridgehead atoms. The minimum atomic E-state index is -0.856. The number of rotatable bonds is 3. The van der Waals surface area contributed by atoms with E-state index in [4.69, 9.17) is 9.84 Å². The lowest BCUT2D eigenvalue weighted by molar-refractivity contribution is -0.142. The van der Waals surface area contributed by atoms with Crippen LogP contribution < -0.4 is 4.74 Å². The number of carboxylic acid groups (broad SMARTS) is 1. The van der Waals surface area contributed by atoms with E-state index in [-0.39, 0.29) is 18.4 Å². The maximum absolute atomic E-state index is 12.5. The summed E-state index contributed by atoms with van der Waals surface area (Å²) in [6, 6.07) is 7.45. The topological polar surface area (TPSA) is 66.8 Å². The first kappa shape index (κ1) is 13.0. The van der Waals surface area contributed by atoms with Crippen molar-refractivity contribution in [1.29, 1.82) is 0 Å². The Morgan fingerprint density at radius 2 is 2.15 bits per heavy atom. The maximum Gasteiger partial charge on any atom is 0.305 e. The second-order valence-electron chi connectivity index (χ2n) is 5.34. The van der Waals surface area contributed by atoms with E-state index in [0.717, 1.165) is 24.2 Å². The number of likely N-dealkylation sites (tertiary alicyclic amines) is 1. The molecule has 0 radical (unpaired) electrons. The molecule has 5 heteroatoms. The quantitative estimate of drug-likeness (QED) is 0.906. The molecule has 1 fully saturated rings. The lowest BCUT2D eigenvalue weighted by Gasteiger charge is -2.26. The van der Waals surface area contributed by atoms with Gasteiger partial charge < -0.3 is 14.7 Å². The molecule has 1 saturated heterocycles. The van der Waals surface area contributed by atoms with E-state index in [2.05, 4.69) is 0 Å². The fourth-order valence-electron chi connectivity index (χ4n) is 3.04. The summed E-state index contributed by atoms with van der Waals surface area (Å²) >= 11 is 0. The fraction of sp³-hybridized carbons (Fsp3) is 0.467. The first-order chi connectivity index (χ1) is 9.65. The van der Waals surface area contributed by atoms with Crippen molar-refractivity contribution in [2.24, 2.45) is 0 Å². The highest BCUT2D eigenvalue weighted by atomic mass is 16.5. The number of hydrogen-bond acceptors (Lipinski definition) is 3. The summed E-state index contributed by atoms with van der Waals surface area (Å²) in [5.41, 5.74) is 1.04. The number of hydrogen-bond donors (Lipinski definition) is 1. The highest BCUT2D eigenvalue weighted by Gasteiger charge is 2.37. The van der Waals surface area contributed by atoms with Gasteiger partial charge in [-0.05, 0) is 24.5 Å². The molecule has 20 heavy (non-hydrogen) atoms. The fourth-order valence-corrected chi connectivity index (χ4v) is 3.04. The van der Waals surface area contributed by atoms with Crippen molar-refractivity contribution in [1.82, 2.24) is 4.90 Å². The minimum absolute atomic E-state index is 0.0193. The average molecular weight is 275 g/mol. The SMILES string of the molecule is O=C(O)CC1CCCN1C(=O)C1Cc2ccccc2O1. The van der Waals surface area contributed by atoms with Crippen molar-refractivity contribution in [3.63, 3.8) is 0 Å². The van der Waals surface area contributed by atoms with Crippen LogP contribution in [0.5, 0.6) is 5.75 Å². The summed E-state index contributed by atoms with van der Waals surface area (Å²) in [5, 5.41) is 8.91. The second kappa shape index (κ2) is 5.15. The molecule has 2 unspecified atom stereocenters. The molecule has 0 spiro atoms. The van der Waals surface area contributed by atoms with Crippen LogP contribution in [-0.2, 0) is 16.0 Å². The van der Waals surface area contributed by atoms with Crippen LogP contribution >= 0.6 is 0 Å². The molecule has 5 nitrogen and oxygen atoms in total. The Hall–Kier alpha value is -2.04. The average Bonchev–Trinajstić information content (AvgIpc) is 3.03. The van der Waals surface area contributed by atoms with Crippen molar-refractivity contribution in [3.8, 4) is 5.75 Å². The molecule has 2 heterocycles. The molecule has 1 N–H and O–H groups in total. The number of para-hydroxylation sites is 1. The molecule has 106 valence electrons. The van der Waals surface area contributed by atoms with E-state index in [1.807, 2.05) is 24.3 Å². The maximum atomic E-state index is 12.5. The number of fused-ring (bicyclic) bond motifs is 1. The Labute approximate surface area is 117 Å². The Morgan fingerprint density at radius 3 is 2.90 bits per heavy atom. The van der Waals surface area contributed by atoms with Crippen LogP contribution in [0.15, 0.2) is 24.3 Å². The highest BCUT2D eigenvalue weighted by molar-refractivity contribution is 5.83. The number of benzene rings is 1. The minimum Gasteiger partial charge on any atom is -0.481 e. The summed E-state index contributed by atoms with van der Waals surface area (Å²) in [5.74, 6) is -0.171. The van der Waals surface area contributed by atoms with Gasteiger partial charge in [-0.3, -0.25) is 9.59 Å². The zero-order valence-corrected chi connectivity index (χ0v) is 11.1. The van der Waals surface area contributed by atoms with Crippen LogP contribution in [-0.4, -0.2) is 40.6 Å². The summed E-state index contributed by atoms with van der Waals surface area (Å²) in [4.78, 5) is 25.1. The molecular formula is C15H17NO4. The number of aliphatic carboxylic acids is 1. The number of amides is 1. The van der Waals surface area contributed by atoms with Gasteiger partial charge in [0.15, 0.2) is 6.10 Å². The van der Waals surface area contributed by atoms with Crippen LogP contribution in [0.4, 0.5) is 0 Å². The van der Waals surface area contributed by atoms with Gasteiger partial charge in [-0.25, -0.2) is 0 Å². The number of nitrogens with zero attached hydrogens (tertiary/aromatic N) is 1. The van der Waals surface area contributed by atoms with Crippen LogP contribution in [0, 0.1) is 0 Å². The Morgan fingerprint density at radius 1 is 1.35 bits per heavy atom. The Balaban J connectivity index is 1.69. The summed E-state index contributed by atoms with van der Waals surface area (Å²) in [6.45, 7) is 0.632. The lowest BCUT2D eigenvalue weighted by Crippen LogP contribution is -2.44. The number of carboxylic acids is 1. The normalized spacial score (nSPS) is 24.3. The number of ether oxygens (including phenoxy) is 1. The molecule has 2 atom stereocenters. The highest BCUT2D eigenvalue weighted by Crippen LogP contribution is 2.30. The van der Waals surface area contributed by atoms with E-state index in [9.17, 15) is 9.59 Å². The van der Waals surface area contributed by atoms with Crippen LogP contribution in [0.25, 0.3) is 0 Å². The van der Waals surface area contributed by atoms with Gasteiger partial charge in [-0.1, -0.05) is 18.2 Å². The van der Waals surface area contributed by atoms with Crippen LogP contribution in [0.3, 0.4) is 0 Å². The molecule has 2 aliphatic heterocycles. The van der Waals surface area contributed by atoms with Crippen molar-refractivity contribution in [2.75, 3.05) is 6.54 Å². The molecule has 3 rings (SSSR count). The zero-order chi connectivity index (χ0) is 14.1. The standard InChI is InChI=1S/C15H17NO4/c17-14(18)9-11-5-3-7-16(11)15(19)13-8-10-4-1-2-6-12(10)20-13/h1-2,4,6,11,13H,3,5,7-9H2,(H,17,18). The van der Waals surface area contributed by atoms with E-state index in [0.29, 0.717) is 13.0 Å². The van der Waals surface area contributed by atoms with Gasteiger partial charge in [-0.15, -0.1) is 0 Å². The lowest BCUT2D eigenvalue weighted by atomic mass is 10.1. The van der Waals surface area contributed by atoms with Crippen molar-refractivity contribution in [3.05, 3.63) is 29.8 Å². The van der Waals surface area contributed by atoms with Gasteiger partial charge in [0.1, 0.15) is 5.75 Å². The third kappa shape index (κ3) is 2.35. The van der Waals surface area contributed by atoms with E-state index in [1.165, 1.54) is 0 Å². The summed E-state index contributed by atoms with van der Waals surface area (Å²) in [6.07, 6.45) is 1.72. The van der Waals surface area contributed by atoms with Crippen LogP contribution in [0.2, 0.25) is 0 Å². The Kier molecular flexibility index (Phi) is 3.34. The van der Waals surface area contributed by atoms with E-state index < -0.39 is 12.1 Å². The van der Waals surface area contributed by atoms with E-state index in [1.54, 1.807) is 4.90 Å². The van der Waals surface area contributed by atoms with E-state index >= 15 is 0 Å². The third-order valence-electron chi connectivity index (χ3n) is 3.99. The largest absolute Gasteiger partial charge is 0.481 e. The molecule has 1 amide bonds. The molecule has 0 aromatic heterocycles. The molecule has 1 aromatic carbocycles. The monoisotopic (exact) mass is 275 g/mol. The molecular weight excluding hydrogens is 258 g/mol. The first-order valence-electron chi connectivity index (χ1n) is 6.92. The molecule has 1 aromatic rings. The number of carbonyl (C=O) groups is 2. The van der Waals surface area contributed by atoms with Crippen molar-refractivity contribution < 1.29 is 19.4 Å². The zero-order valence-electron chi connectivity index (χ0n) is 11.1. The molecule has 0 saturated carbocycles. The van der Waals surface area contributed by atoms with Gasteiger partial charge in [0.25, 0.3) is 5.91 Å². The van der Waals surface area contributed by atoms with Crippen molar-refractivity contribution >= 4 is 11.9 Å². The molecule has 2 aliphatic rings. The van der Waals surface area contributed by atoms with Gasteiger partial charge in [0.2, 0.25) is 0 Å². The first-order valence-corrected chi connectivity index (χ1v) is 6.92. The summed E-state index contributed by atoms with van der Waals surface area (Å²) < 4.78 is 5.70.